The van der Waals surface area contributed by atoms with Crippen molar-refractivity contribution in [2.24, 2.45) is 0 Å². The molecule has 0 heterocycles. The standard InChI is InChI=1S/C18H17NO.C2H6/c1-14(11-12-16-7-4-3-5-8-16)19-18-10-6-9-17(13-18)15(2)20;1-2/h3-13,19H,1H2,2H3;1-2H3/b12-11+;. The van der Waals surface area contributed by atoms with E-state index in [2.05, 4.69) is 11.9 Å². The molecule has 0 bridgehead atoms. The van der Waals surface area contributed by atoms with Crippen molar-refractivity contribution in [1.29, 1.82) is 0 Å². The predicted molar refractivity (Wildman–Crippen MR) is 96.0 cm³/mol. The van der Waals surface area contributed by atoms with E-state index in [1.54, 1.807) is 13.0 Å². The lowest BCUT2D eigenvalue weighted by Gasteiger charge is -2.07. The first-order chi connectivity index (χ1) is 10.6. The van der Waals surface area contributed by atoms with Gasteiger partial charge in [0, 0.05) is 16.9 Å². The van der Waals surface area contributed by atoms with Crippen LogP contribution >= 0.6 is 0 Å². The van der Waals surface area contributed by atoms with E-state index in [1.165, 1.54) is 0 Å². The third kappa shape index (κ3) is 5.80. The van der Waals surface area contributed by atoms with Gasteiger partial charge in [0.2, 0.25) is 0 Å². The highest BCUT2D eigenvalue weighted by atomic mass is 16.1. The minimum Gasteiger partial charge on any atom is -0.356 e. The normalized spacial score (nSPS) is 9.77. The number of anilines is 1. The van der Waals surface area contributed by atoms with Crippen LogP contribution in [0.25, 0.3) is 6.08 Å². The van der Waals surface area contributed by atoms with Crippen LogP contribution in [0.2, 0.25) is 0 Å². The summed E-state index contributed by atoms with van der Waals surface area (Å²) >= 11 is 0. The Kier molecular flexibility index (Phi) is 7.41. The van der Waals surface area contributed by atoms with Crippen LogP contribution in [0, 0.1) is 0 Å². The SMILES string of the molecule is C=C(/C=C/c1ccccc1)Nc1cccc(C(C)=O)c1.CC. The van der Waals surface area contributed by atoms with Crippen LogP contribution in [0.3, 0.4) is 0 Å². The van der Waals surface area contributed by atoms with Crippen molar-refractivity contribution < 1.29 is 4.79 Å². The van der Waals surface area contributed by atoms with Gasteiger partial charge in [0.25, 0.3) is 0 Å². The largest absolute Gasteiger partial charge is 0.356 e. The van der Waals surface area contributed by atoms with Crippen molar-refractivity contribution >= 4 is 17.5 Å². The van der Waals surface area contributed by atoms with Gasteiger partial charge in [-0.3, -0.25) is 4.79 Å². The number of rotatable bonds is 5. The maximum absolute atomic E-state index is 11.3. The average Bonchev–Trinajstić information content (AvgIpc) is 2.56. The van der Waals surface area contributed by atoms with Crippen LogP contribution in [0.1, 0.15) is 36.7 Å². The van der Waals surface area contributed by atoms with E-state index in [-0.39, 0.29) is 5.78 Å². The van der Waals surface area contributed by atoms with Crippen molar-refractivity contribution in [1.82, 2.24) is 0 Å². The fraction of sp³-hybridized carbons (Fsp3) is 0.150. The molecule has 0 aliphatic heterocycles. The Balaban J connectivity index is 0.00000116. The summed E-state index contributed by atoms with van der Waals surface area (Å²) in [7, 11) is 0. The molecule has 0 aliphatic carbocycles. The molecule has 0 saturated carbocycles. The molecule has 0 aliphatic rings. The molecule has 0 fully saturated rings. The molecule has 0 atom stereocenters. The van der Waals surface area contributed by atoms with Crippen LogP contribution in [0.15, 0.2) is 72.9 Å². The summed E-state index contributed by atoms with van der Waals surface area (Å²) in [5, 5.41) is 3.17. The van der Waals surface area contributed by atoms with Gasteiger partial charge in [-0.25, -0.2) is 0 Å². The van der Waals surface area contributed by atoms with Gasteiger partial charge >= 0.3 is 0 Å². The second kappa shape index (κ2) is 9.35. The summed E-state index contributed by atoms with van der Waals surface area (Å²) < 4.78 is 0. The molecule has 22 heavy (non-hydrogen) atoms. The molecule has 0 spiro atoms. The van der Waals surface area contributed by atoms with Crippen LogP contribution in [-0.4, -0.2) is 5.78 Å². The molecular formula is C20H23NO. The zero-order chi connectivity index (χ0) is 16.4. The number of hydrogen-bond donors (Lipinski definition) is 1. The number of Topliss-reactive ketones (excluding diaryl/α,β-unsaturated/α-hetero) is 1. The van der Waals surface area contributed by atoms with Crippen molar-refractivity contribution in [3.63, 3.8) is 0 Å². The summed E-state index contributed by atoms with van der Waals surface area (Å²) in [6.45, 7) is 9.52. The van der Waals surface area contributed by atoms with E-state index >= 15 is 0 Å². The Morgan fingerprint density at radius 3 is 2.36 bits per heavy atom. The van der Waals surface area contributed by atoms with Gasteiger partial charge in [-0.05, 0) is 30.7 Å². The number of nitrogens with one attached hydrogen (secondary N) is 1. The molecule has 2 rings (SSSR count). The number of benzene rings is 2. The molecule has 0 amide bonds. The second-order valence-corrected chi connectivity index (χ2v) is 4.53. The molecule has 0 unspecified atom stereocenters. The molecule has 0 saturated heterocycles. The van der Waals surface area contributed by atoms with Crippen LogP contribution in [0.5, 0.6) is 0 Å². The molecule has 2 heteroatoms. The third-order valence-electron chi connectivity index (χ3n) is 2.85. The Morgan fingerprint density at radius 1 is 1.05 bits per heavy atom. The molecule has 2 nitrogen and oxygen atoms in total. The topological polar surface area (TPSA) is 29.1 Å². The number of ketones is 1. The zero-order valence-corrected chi connectivity index (χ0v) is 13.5. The van der Waals surface area contributed by atoms with Gasteiger partial charge in [-0.2, -0.15) is 0 Å². The first kappa shape index (κ1) is 17.4. The van der Waals surface area contributed by atoms with Crippen molar-refractivity contribution in [2.75, 3.05) is 5.32 Å². The highest BCUT2D eigenvalue weighted by molar-refractivity contribution is 5.95. The quantitative estimate of drug-likeness (QED) is 0.578. The van der Waals surface area contributed by atoms with Gasteiger partial charge in [-0.15, -0.1) is 0 Å². The van der Waals surface area contributed by atoms with E-state index in [1.807, 2.05) is 74.5 Å². The molecule has 2 aromatic rings. The lowest BCUT2D eigenvalue weighted by Crippen LogP contribution is -1.98. The maximum atomic E-state index is 11.3. The predicted octanol–water partition coefficient (Wildman–Crippen LogP) is 5.55. The van der Waals surface area contributed by atoms with Crippen LogP contribution < -0.4 is 5.32 Å². The minimum absolute atomic E-state index is 0.0547. The van der Waals surface area contributed by atoms with Gasteiger partial charge in [0.1, 0.15) is 0 Å². The summed E-state index contributed by atoms with van der Waals surface area (Å²) in [6.07, 6.45) is 3.90. The second-order valence-electron chi connectivity index (χ2n) is 4.53. The number of carbonyl (C=O) groups is 1. The van der Waals surface area contributed by atoms with Crippen molar-refractivity contribution in [2.45, 2.75) is 20.8 Å². The molecule has 2 aromatic carbocycles. The highest BCUT2D eigenvalue weighted by Gasteiger charge is 2.00. The lowest BCUT2D eigenvalue weighted by atomic mass is 10.1. The lowest BCUT2D eigenvalue weighted by molar-refractivity contribution is 0.101. The highest BCUT2D eigenvalue weighted by Crippen LogP contribution is 2.14. The number of hydrogen-bond acceptors (Lipinski definition) is 2. The zero-order valence-electron chi connectivity index (χ0n) is 13.5. The summed E-state index contributed by atoms with van der Waals surface area (Å²) in [5.74, 6) is 0.0547. The average molecular weight is 293 g/mol. The van der Waals surface area contributed by atoms with Gasteiger partial charge in [-0.1, -0.05) is 69.0 Å². The first-order valence-corrected chi connectivity index (χ1v) is 7.45. The van der Waals surface area contributed by atoms with E-state index < -0.39 is 0 Å². The molecule has 1 N–H and O–H groups in total. The molecule has 114 valence electrons. The van der Waals surface area contributed by atoms with E-state index in [0.29, 0.717) is 5.56 Å². The Morgan fingerprint density at radius 2 is 1.73 bits per heavy atom. The van der Waals surface area contributed by atoms with Crippen LogP contribution in [0.4, 0.5) is 5.69 Å². The molecular weight excluding hydrogens is 270 g/mol. The summed E-state index contributed by atoms with van der Waals surface area (Å²) in [4.78, 5) is 11.3. The number of allylic oxidation sites excluding steroid dienone is 1. The fourth-order valence-electron chi connectivity index (χ4n) is 1.80. The van der Waals surface area contributed by atoms with E-state index in [0.717, 1.165) is 16.9 Å². The van der Waals surface area contributed by atoms with E-state index in [4.69, 9.17) is 0 Å². The minimum atomic E-state index is 0.0547. The summed E-state index contributed by atoms with van der Waals surface area (Å²) in [5.41, 5.74) is 3.44. The summed E-state index contributed by atoms with van der Waals surface area (Å²) in [6, 6.07) is 17.4. The van der Waals surface area contributed by atoms with Gasteiger partial charge < -0.3 is 5.32 Å². The first-order valence-electron chi connectivity index (χ1n) is 7.45. The Bertz CT molecular complexity index is 642. The smallest absolute Gasteiger partial charge is 0.159 e. The third-order valence-corrected chi connectivity index (χ3v) is 2.85. The Labute approximate surface area is 133 Å². The maximum Gasteiger partial charge on any atom is 0.159 e. The van der Waals surface area contributed by atoms with Crippen LogP contribution in [-0.2, 0) is 0 Å². The van der Waals surface area contributed by atoms with Gasteiger partial charge in [0.15, 0.2) is 5.78 Å². The number of carbonyl (C=O) groups excluding carboxylic acids is 1. The monoisotopic (exact) mass is 293 g/mol. The fourth-order valence-corrected chi connectivity index (χ4v) is 1.80. The molecule has 0 radical (unpaired) electrons. The Hall–Kier alpha value is -2.61. The van der Waals surface area contributed by atoms with E-state index in [9.17, 15) is 4.79 Å². The van der Waals surface area contributed by atoms with Crippen molar-refractivity contribution in [3.05, 3.63) is 84.1 Å². The van der Waals surface area contributed by atoms with Gasteiger partial charge in [0.05, 0.1) is 0 Å². The molecule has 0 aromatic heterocycles. The van der Waals surface area contributed by atoms with Crippen molar-refractivity contribution in [3.8, 4) is 0 Å².